The Morgan fingerprint density at radius 3 is 1.42 bits per heavy atom. The predicted molar refractivity (Wildman–Crippen MR) is 203 cm³/mol. The number of fused-ring (bicyclic) bond motifs is 9. The minimum Gasteiger partial charge on any atom is -0.208 e. The first-order valence-electron chi connectivity index (χ1n) is 16.9. The Morgan fingerprint density at radius 2 is 0.780 bits per heavy atom. The Kier molecular flexibility index (Phi) is 6.64. The van der Waals surface area contributed by atoms with Crippen molar-refractivity contribution in [2.75, 3.05) is 0 Å². The predicted octanol–water partition coefficient (Wildman–Crippen LogP) is 11.4. The van der Waals surface area contributed by atoms with Crippen molar-refractivity contribution in [3.05, 3.63) is 198 Å². The van der Waals surface area contributed by atoms with E-state index in [1.54, 1.807) is 0 Å². The summed E-state index contributed by atoms with van der Waals surface area (Å²) < 4.78 is 0. The first-order valence-corrected chi connectivity index (χ1v) is 17.7. The Morgan fingerprint density at radius 1 is 0.340 bits per heavy atom. The summed E-state index contributed by atoms with van der Waals surface area (Å²) in [6.07, 6.45) is 0. The maximum absolute atomic E-state index is 5.03. The summed E-state index contributed by atoms with van der Waals surface area (Å²) in [4.78, 5) is 17.5. The van der Waals surface area contributed by atoms with Gasteiger partial charge in [0.25, 0.3) is 0 Å². The van der Waals surface area contributed by atoms with Crippen LogP contribution in [-0.4, -0.2) is 15.0 Å². The SMILES string of the molecule is c1ccc(-c2nc(-c3ccccc3)nc(-c3cccc(-c4cccc5c4Sc4ccccc4C54c5ccccc5-c5ccccc54)c3)n2)cc1. The highest BCUT2D eigenvalue weighted by molar-refractivity contribution is 7.99. The molecule has 1 aromatic heterocycles. The second-order valence-corrected chi connectivity index (χ2v) is 13.8. The molecule has 0 unspecified atom stereocenters. The number of hydrogen-bond acceptors (Lipinski definition) is 4. The maximum Gasteiger partial charge on any atom is 0.164 e. The van der Waals surface area contributed by atoms with E-state index in [0.717, 1.165) is 22.3 Å². The highest BCUT2D eigenvalue weighted by Gasteiger charge is 2.50. The molecule has 3 nitrogen and oxygen atoms in total. The topological polar surface area (TPSA) is 38.7 Å². The summed E-state index contributed by atoms with van der Waals surface area (Å²) in [5.41, 5.74) is 12.7. The van der Waals surface area contributed by atoms with E-state index in [2.05, 4.69) is 115 Å². The molecule has 0 saturated heterocycles. The third-order valence-electron chi connectivity index (χ3n) is 10.0. The summed E-state index contributed by atoms with van der Waals surface area (Å²) in [7, 11) is 0. The summed E-state index contributed by atoms with van der Waals surface area (Å²) >= 11 is 1.87. The van der Waals surface area contributed by atoms with Crippen LogP contribution >= 0.6 is 11.8 Å². The average molecular weight is 656 g/mol. The molecule has 0 bridgehead atoms. The van der Waals surface area contributed by atoms with Crippen LogP contribution in [0.25, 0.3) is 56.4 Å². The Labute approximate surface area is 295 Å². The van der Waals surface area contributed by atoms with Gasteiger partial charge in [-0.05, 0) is 56.6 Å². The van der Waals surface area contributed by atoms with Gasteiger partial charge in [0.1, 0.15) is 0 Å². The van der Waals surface area contributed by atoms with Gasteiger partial charge in [-0.25, -0.2) is 15.0 Å². The van der Waals surface area contributed by atoms with Crippen molar-refractivity contribution in [3.8, 4) is 56.4 Å². The monoisotopic (exact) mass is 655 g/mol. The molecule has 1 aliphatic heterocycles. The van der Waals surface area contributed by atoms with Gasteiger partial charge < -0.3 is 0 Å². The fourth-order valence-electron chi connectivity index (χ4n) is 7.87. The summed E-state index contributed by atoms with van der Waals surface area (Å²) in [5.74, 6) is 1.96. The third kappa shape index (κ3) is 4.35. The van der Waals surface area contributed by atoms with E-state index in [1.165, 1.54) is 48.7 Å². The molecular weight excluding hydrogens is 627 g/mol. The summed E-state index contributed by atoms with van der Waals surface area (Å²) in [6.45, 7) is 0. The van der Waals surface area contributed by atoms with Crippen LogP contribution in [0.4, 0.5) is 0 Å². The molecule has 50 heavy (non-hydrogen) atoms. The molecule has 7 aromatic carbocycles. The van der Waals surface area contributed by atoms with Gasteiger partial charge in [-0.2, -0.15) is 0 Å². The second kappa shape index (κ2) is 11.5. The van der Waals surface area contributed by atoms with E-state index >= 15 is 0 Å². The van der Waals surface area contributed by atoms with Crippen LogP contribution < -0.4 is 0 Å². The molecule has 0 saturated carbocycles. The van der Waals surface area contributed by atoms with Gasteiger partial charge in [-0.3, -0.25) is 0 Å². The molecule has 2 heterocycles. The smallest absolute Gasteiger partial charge is 0.164 e. The Bertz CT molecular complexity index is 2480. The molecular formula is C46H29N3S. The van der Waals surface area contributed by atoms with Crippen LogP contribution in [0, 0.1) is 0 Å². The van der Waals surface area contributed by atoms with Crippen LogP contribution in [0.5, 0.6) is 0 Å². The maximum atomic E-state index is 5.03. The van der Waals surface area contributed by atoms with Crippen LogP contribution in [0.1, 0.15) is 22.3 Å². The van der Waals surface area contributed by atoms with Gasteiger partial charge in [-0.15, -0.1) is 0 Å². The van der Waals surface area contributed by atoms with Gasteiger partial charge in [-0.1, -0.05) is 176 Å². The lowest BCUT2D eigenvalue weighted by atomic mass is 9.67. The van der Waals surface area contributed by atoms with E-state index in [-0.39, 0.29) is 0 Å². The minimum atomic E-state index is -0.415. The van der Waals surface area contributed by atoms with Crippen molar-refractivity contribution in [3.63, 3.8) is 0 Å². The second-order valence-electron chi connectivity index (χ2n) is 12.7. The Balaban J connectivity index is 1.18. The summed E-state index contributed by atoms with van der Waals surface area (Å²) in [5, 5.41) is 0. The van der Waals surface area contributed by atoms with E-state index in [0.29, 0.717) is 17.5 Å². The third-order valence-corrected chi connectivity index (χ3v) is 11.2. The Hall–Kier alpha value is -6.10. The number of aromatic nitrogens is 3. The highest BCUT2D eigenvalue weighted by atomic mass is 32.2. The number of rotatable bonds is 4. The lowest BCUT2D eigenvalue weighted by molar-refractivity contribution is 0.723. The zero-order chi connectivity index (χ0) is 33.1. The lowest BCUT2D eigenvalue weighted by Crippen LogP contribution is -2.32. The standard InChI is InChI=1S/C46H29N3S/c1-3-15-30(16-4-1)43-47-44(31-17-5-2-6-18-31)49-45(48-43)33-20-13-19-32(29-33)34-23-14-27-40-42(34)50-41-28-12-11-26-39(41)46(40)37-24-9-7-21-35(37)36-22-8-10-25-38(36)46/h1-29H. The van der Waals surface area contributed by atoms with E-state index in [4.69, 9.17) is 15.0 Å². The molecule has 0 N–H and O–H groups in total. The fraction of sp³-hybridized carbons (Fsp3) is 0.0217. The van der Waals surface area contributed by atoms with Gasteiger partial charge in [0, 0.05) is 26.5 Å². The molecule has 1 spiro atoms. The van der Waals surface area contributed by atoms with Gasteiger partial charge in [0.15, 0.2) is 17.5 Å². The first kappa shape index (κ1) is 28.9. The van der Waals surface area contributed by atoms with Gasteiger partial charge in [0.2, 0.25) is 0 Å². The molecule has 8 aromatic rings. The molecule has 2 aliphatic rings. The van der Waals surface area contributed by atoms with Crippen LogP contribution in [0.2, 0.25) is 0 Å². The first-order chi connectivity index (χ1) is 24.8. The molecule has 0 fully saturated rings. The number of nitrogens with zero attached hydrogens (tertiary/aromatic N) is 3. The quantitative estimate of drug-likeness (QED) is 0.189. The summed E-state index contributed by atoms with van der Waals surface area (Å²) in [6, 6.07) is 62.6. The zero-order valence-electron chi connectivity index (χ0n) is 27.0. The molecule has 0 atom stereocenters. The van der Waals surface area contributed by atoms with Crippen LogP contribution in [-0.2, 0) is 5.41 Å². The van der Waals surface area contributed by atoms with E-state index in [1.807, 2.05) is 72.4 Å². The molecule has 0 amide bonds. The minimum absolute atomic E-state index is 0.415. The van der Waals surface area contributed by atoms with Gasteiger partial charge in [0.05, 0.1) is 5.41 Å². The number of hydrogen-bond donors (Lipinski definition) is 0. The van der Waals surface area contributed by atoms with Crippen LogP contribution in [0.15, 0.2) is 186 Å². The van der Waals surface area contributed by atoms with Crippen molar-refractivity contribution in [1.29, 1.82) is 0 Å². The zero-order valence-corrected chi connectivity index (χ0v) is 27.8. The van der Waals surface area contributed by atoms with Crippen molar-refractivity contribution in [1.82, 2.24) is 15.0 Å². The average Bonchev–Trinajstić information content (AvgIpc) is 3.49. The molecule has 10 rings (SSSR count). The van der Waals surface area contributed by atoms with Crippen molar-refractivity contribution >= 4 is 11.8 Å². The lowest BCUT2D eigenvalue weighted by Gasteiger charge is -2.40. The van der Waals surface area contributed by atoms with Gasteiger partial charge >= 0.3 is 0 Å². The molecule has 234 valence electrons. The van der Waals surface area contributed by atoms with Crippen molar-refractivity contribution < 1.29 is 0 Å². The van der Waals surface area contributed by atoms with Crippen LogP contribution in [0.3, 0.4) is 0 Å². The van der Waals surface area contributed by atoms with E-state index in [9.17, 15) is 0 Å². The molecule has 4 heteroatoms. The van der Waals surface area contributed by atoms with E-state index < -0.39 is 5.41 Å². The molecule has 0 radical (unpaired) electrons. The highest BCUT2D eigenvalue weighted by Crippen LogP contribution is 2.63. The normalized spacial score (nSPS) is 13.3. The largest absolute Gasteiger partial charge is 0.208 e. The number of benzene rings is 7. The molecule has 1 aliphatic carbocycles. The van der Waals surface area contributed by atoms with Crippen molar-refractivity contribution in [2.45, 2.75) is 15.2 Å². The van der Waals surface area contributed by atoms with Crippen molar-refractivity contribution in [2.24, 2.45) is 0 Å². The fourth-order valence-corrected chi connectivity index (χ4v) is 9.19.